The van der Waals surface area contributed by atoms with Gasteiger partial charge in [-0.3, -0.25) is 0 Å². The number of rotatable bonds is 2. The van der Waals surface area contributed by atoms with Gasteiger partial charge in [0.25, 0.3) is 0 Å². The quantitative estimate of drug-likeness (QED) is 0.672. The second-order valence-electron chi connectivity index (χ2n) is 5.78. The third kappa shape index (κ3) is 2.41. The molecule has 1 aliphatic heterocycles. The summed E-state index contributed by atoms with van der Waals surface area (Å²) in [5.74, 6) is 0.824. The Morgan fingerprint density at radius 2 is 1.94 bits per heavy atom. The van der Waals surface area contributed by atoms with Crippen LogP contribution in [0.5, 0.6) is 0 Å². The van der Waals surface area contributed by atoms with Crippen LogP contribution in [0.15, 0.2) is 24.3 Å². The molecule has 2 aliphatic rings. The molecule has 1 aromatic carbocycles. The maximum absolute atomic E-state index is 12.8. The van der Waals surface area contributed by atoms with E-state index in [2.05, 4.69) is 7.05 Å². The number of benzene rings is 1. The summed E-state index contributed by atoms with van der Waals surface area (Å²) in [7, 11) is 2.37. The van der Waals surface area contributed by atoms with E-state index in [1.807, 2.05) is 12.1 Å². The maximum atomic E-state index is 12.8. The standard InChI is InChI=1S/C14H19FN.BrH/c1-16(10-12-4-7-14(16)8-12)9-11-2-5-13(15)6-3-11;/h2-3,5-6,12,14H,4,7-10H2,1H3;1H/q+1;/p-1. The Bertz CT molecular complexity index is 392. The highest BCUT2D eigenvalue weighted by Crippen LogP contribution is 2.42. The zero-order valence-corrected chi connectivity index (χ0v) is 11.8. The molecule has 1 aliphatic carbocycles. The van der Waals surface area contributed by atoms with Crippen LogP contribution in [0.4, 0.5) is 4.39 Å². The molecule has 1 saturated carbocycles. The third-order valence-electron chi connectivity index (χ3n) is 4.53. The lowest BCUT2D eigenvalue weighted by molar-refractivity contribution is -0.938. The smallest absolute Gasteiger partial charge is 0.123 e. The lowest BCUT2D eigenvalue weighted by Gasteiger charge is -2.38. The van der Waals surface area contributed by atoms with Gasteiger partial charge in [0.1, 0.15) is 12.4 Å². The van der Waals surface area contributed by atoms with Crippen LogP contribution in [0.25, 0.3) is 0 Å². The van der Waals surface area contributed by atoms with Crippen molar-refractivity contribution in [2.45, 2.75) is 31.8 Å². The summed E-state index contributed by atoms with van der Waals surface area (Å²) in [5.41, 5.74) is 1.27. The van der Waals surface area contributed by atoms with E-state index < -0.39 is 0 Å². The summed E-state index contributed by atoms with van der Waals surface area (Å²) in [6.07, 6.45) is 4.24. The zero-order chi connectivity index (χ0) is 11.2. The Morgan fingerprint density at radius 1 is 1.24 bits per heavy atom. The largest absolute Gasteiger partial charge is 1.00 e. The molecule has 0 aromatic heterocycles. The highest BCUT2D eigenvalue weighted by atomic mass is 79.9. The first kappa shape index (κ1) is 13.0. The summed E-state index contributed by atoms with van der Waals surface area (Å²) < 4.78 is 14.0. The highest BCUT2D eigenvalue weighted by Gasteiger charge is 2.48. The number of halogens is 2. The van der Waals surface area contributed by atoms with E-state index in [4.69, 9.17) is 0 Å². The van der Waals surface area contributed by atoms with E-state index in [1.54, 1.807) is 12.1 Å². The van der Waals surface area contributed by atoms with E-state index in [0.717, 1.165) is 18.5 Å². The Hall–Kier alpha value is -0.410. The topological polar surface area (TPSA) is 0 Å². The van der Waals surface area contributed by atoms with Crippen molar-refractivity contribution in [1.29, 1.82) is 0 Å². The first-order chi connectivity index (χ1) is 7.66. The average molecular weight is 300 g/mol. The Kier molecular flexibility index (Phi) is 3.60. The van der Waals surface area contributed by atoms with Gasteiger partial charge in [-0.25, -0.2) is 4.39 Å². The van der Waals surface area contributed by atoms with Gasteiger partial charge in [-0.15, -0.1) is 0 Å². The predicted molar refractivity (Wildman–Crippen MR) is 62.3 cm³/mol. The van der Waals surface area contributed by atoms with E-state index in [0.29, 0.717) is 0 Å². The van der Waals surface area contributed by atoms with Gasteiger partial charge < -0.3 is 21.5 Å². The van der Waals surface area contributed by atoms with Crippen LogP contribution in [0.2, 0.25) is 0 Å². The number of likely N-dealkylation sites (tertiary alicyclic amines) is 1. The summed E-state index contributed by atoms with van der Waals surface area (Å²) in [5, 5.41) is 0. The van der Waals surface area contributed by atoms with E-state index in [9.17, 15) is 4.39 Å². The van der Waals surface area contributed by atoms with Gasteiger partial charge >= 0.3 is 0 Å². The summed E-state index contributed by atoms with van der Waals surface area (Å²) in [4.78, 5) is 0. The van der Waals surface area contributed by atoms with Crippen molar-refractivity contribution in [2.75, 3.05) is 13.6 Å². The average Bonchev–Trinajstić information content (AvgIpc) is 2.81. The minimum Gasteiger partial charge on any atom is -1.00 e. The van der Waals surface area contributed by atoms with Crippen LogP contribution in [0.3, 0.4) is 0 Å². The molecule has 3 unspecified atom stereocenters. The van der Waals surface area contributed by atoms with Gasteiger partial charge in [0.2, 0.25) is 0 Å². The summed E-state index contributed by atoms with van der Waals surface area (Å²) in [6.45, 7) is 2.39. The third-order valence-corrected chi connectivity index (χ3v) is 4.53. The van der Waals surface area contributed by atoms with E-state index in [-0.39, 0.29) is 22.8 Å². The number of fused-ring (bicyclic) bond motifs is 2. The Labute approximate surface area is 113 Å². The molecule has 1 aromatic rings. The summed E-state index contributed by atoms with van der Waals surface area (Å²) >= 11 is 0. The van der Waals surface area contributed by atoms with Crippen molar-refractivity contribution >= 4 is 0 Å². The molecule has 0 radical (unpaired) electrons. The molecular weight excluding hydrogens is 281 g/mol. The number of quaternary nitrogens is 1. The minimum atomic E-state index is -0.130. The first-order valence-electron chi connectivity index (χ1n) is 6.24. The van der Waals surface area contributed by atoms with Crippen LogP contribution in [-0.2, 0) is 6.54 Å². The molecule has 0 spiro atoms. The highest BCUT2D eigenvalue weighted by molar-refractivity contribution is 5.15. The van der Waals surface area contributed by atoms with Gasteiger partial charge in [0, 0.05) is 17.9 Å². The van der Waals surface area contributed by atoms with Crippen molar-refractivity contribution < 1.29 is 25.9 Å². The molecule has 94 valence electrons. The maximum Gasteiger partial charge on any atom is 0.123 e. The lowest BCUT2D eigenvalue weighted by atomic mass is 10.1. The van der Waals surface area contributed by atoms with E-state index >= 15 is 0 Å². The molecule has 3 rings (SSSR count). The van der Waals surface area contributed by atoms with Crippen molar-refractivity contribution in [2.24, 2.45) is 5.92 Å². The normalized spacial score (nSPS) is 34.7. The fourth-order valence-corrected chi connectivity index (χ4v) is 3.72. The number of nitrogens with zero attached hydrogens (tertiary/aromatic N) is 1. The molecule has 1 nitrogen and oxygen atoms in total. The molecule has 0 amide bonds. The number of piperidine rings is 1. The first-order valence-corrected chi connectivity index (χ1v) is 6.24. The van der Waals surface area contributed by atoms with Gasteiger partial charge in [-0.1, -0.05) is 12.1 Å². The zero-order valence-electron chi connectivity index (χ0n) is 10.2. The Morgan fingerprint density at radius 3 is 2.47 bits per heavy atom. The molecule has 3 atom stereocenters. The molecular formula is C14H19BrFN. The summed E-state index contributed by atoms with van der Waals surface area (Å²) in [6, 6.07) is 7.89. The number of hydrogen-bond donors (Lipinski definition) is 0. The molecule has 2 fully saturated rings. The van der Waals surface area contributed by atoms with Gasteiger partial charge in [-0.05, 0) is 25.0 Å². The van der Waals surface area contributed by atoms with Crippen molar-refractivity contribution in [3.8, 4) is 0 Å². The number of hydrogen-bond acceptors (Lipinski definition) is 0. The Balaban J connectivity index is 0.00000108. The second kappa shape index (κ2) is 4.69. The molecule has 3 heteroatoms. The van der Waals surface area contributed by atoms with Crippen molar-refractivity contribution in [3.05, 3.63) is 35.6 Å². The molecule has 0 N–H and O–H groups in total. The second-order valence-corrected chi connectivity index (χ2v) is 5.78. The predicted octanol–water partition coefficient (Wildman–Crippen LogP) is -0.0414. The molecule has 1 heterocycles. The fraction of sp³-hybridized carbons (Fsp3) is 0.571. The van der Waals surface area contributed by atoms with Crippen LogP contribution in [-0.4, -0.2) is 24.1 Å². The van der Waals surface area contributed by atoms with Crippen LogP contribution in [0, 0.1) is 11.7 Å². The van der Waals surface area contributed by atoms with Crippen LogP contribution < -0.4 is 17.0 Å². The molecule has 17 heavy (non-hydrogen) atoms. The SMILES string of the molecule is C[N+]1(Cc2ccc(F)cc2)CC2CCC1C2.[Br-]. The van der Waals surface area contributed by atoms with Gasteiger partial charge in [0.15, 0.2) is 0 Å². The molecule has 2 bridgehead atoms. The van der Waals surface area contributed by atoms with Gasteiger partial charge in [0.05, 0.1) is 19.6 Å². The monoisotopic (exact) mass is 299 g/mol. The minimum absolute atomic E-state index is 0. The molecule has 1 saturated heterocycles. The van der Waals surface area contributed by atoms with E-state index in [1.165, 1.54) is 35.9 Å². The lowest BCUT2D eigenvalue weighted by Crippen LogP contribution is -3.00. The van der Waals surface area contributed by atoms with Crippen LogP contribution >= 0.6 is 0 Å². The van der Waals surface area contributed by atoms with Crippen molar-refractivity contribution in [3.63, 3.8) is 0 Å². The van der Waals surface area contributed by atoms with Gasteiger partial charge in [-0.2, -0.15) is 0 Å². The van der Waals surface area contributed by atoms with Crippen molar-refractivity contribution in [1.82, 2.24) is 0 Å². The fourth-order valence-electron chi connectivity index (χ4n) is 3.72. The van der Waals surface area contributed by atoms with Crippen LogP contribution in [0.1, 0.15) is 24.8 Å².